The molecule has 2 fully saturated rings. The Morgan fingerprint density at radius 1 is 1.00 bits per heavy atom. The Morgan fingerprint density at radius 2 is 1.65 bits per heavy atom. The molecule has 0 aromatic heterocycles. The van der Waals surface area contributed by atoms with Gasteiger partial charge in [0.25, 0.3) is 0 Å². The average molecular weight is 281 g/mol. The zero-order valence-electron chi connectivity index (χ0n) is 14.1. The number of aliphatic hydroxyl groups excluding tert-OH is 1. The highest BCUT2D eigenvalue weighted by Crippen LogP contribution is 2.39. The van der Waals surface area contributed by atoms with Crippen molar-refractivity contribution in [2.24, 2.45) is 17.3 Å². The van der Waals surface area contributed by atoms with Crippen molar-refractivity contribution in [2.75, 3.05) is 13.6 Å². The lowest BCUT2D eigenvalue weighted by molar-refractivity contribution is -0.0137. The van der Waals surface area contributed by atoms with E-state index in [9.17, 15) is 5.11 Å². The summed E-state index contributed by atoms with van der Waals surface area (Å²) >= 11 is 0. The van der Waals surface area contributed by atoms with E-state index in [1.165, 1.54) is 51.5 Å². The maximum Gasteiger partial charge on any atom is 0.0695 e. The minimum Gasteiger partial charge on any atom is -0.391 e. The van der Waals surface area contributed by atoms with Gasteiger partial charge in [-0.2, -0.15) is 0 Å². The molecule has 3 unspecified atom stereocenters. The molecule has 20 heavy (non-hydrogen) atoms. The maximum atomic E-state index is 10.4. The standard InChI is InChI=1S/C18H35NO/c1-18(2,3)15-10-11-17(20)16(12-15)19(4)13-14-8-6-5-7-9-14/h14-17,20H,5-13H2,1-4H3. The van der Waals surface area contributed by atoms with Gasteiger partial charge in [0.05, 0.1) is 6.10 Å². The van der Waals surface area contributed by atoms with Gasteiger partial charge in [0.1, 0.15) is 0 Å². The summed E-state index contributed by atoms with van der Waals surface area (Å²) in [7, 11) is 2.24. The van der Waals surface area contributed by atoms with E-state index in [1.54, 1.807) is 0 Å². The molecule has 3 atom stereocenters. The van der Waals surface area contributed by atoms with Crippen molar-refractivity contribution in [2.45, 2.75) is 84.3 Å². The number of likely N-dealkylation sites (N-methyl/N-ethyl adjacent to an activating group) is 1. The summed E-state index contributed by atoms with van der Waals surface area (Å²) in [6, 6.07) is 0.384. The zero-order chi connectivity index (χ0) is 14.8. The quantitative estimate of drug-likeness (QED) is 0.843. The van der Waals surface area contributed by atoms with E-state index in [4.69, 9.17) is 0 Å². The molecule has 0 bridgehead atoms. The Kier molecular flexibility index (Phi) is 5.53. The molecule has 2 heteroatoms. The Labute approximate surface area is 125 Å². The van der Waals surface area contributed by atoms with Crippen molar-refractivity contribution in [1.82, 2.24) is 4.90 Å². The monoisotopic (exact) mass is 281 g/mol. The molecule has 0 saturated heterocycles. The molecule has 0 radical (unpaired) electrons. The lowest BCUT2D eigenvalue weighted by atomic mass is 9.70. The van der Waals surface area contributed by atoms with Crippen LogP contribution in [0.3, 0.4) is 0 Å². The highest BCUT2D eigenvalue weighted by atomic mass is 16.3. The van der Waals surface area contributed by atoms with Crippen LogP contribution in [0.2, 0.25) is 0 Å². The van der Waals surface area contributed by atoms with Gasteiger partial charge in [0, 0.05) is 12.6 Å². The largest absolute Gasteiger partial charge is 0.391 e. The molecule has 2 rings (SSSR count). The lowest BCUT2D eigenvalue weighted by Crippen LogP contribution is -2.48. The molecule has 2 aliphatic carbocycles. The Bertz CT molecular complexity index is 290. The summed E-state index contributed by atoms with van der Waals surface area (Å²) < 4.78 is 0. The van der Waals surface area contributed by atoms with Gasteiger partial charge in [0.2, 0.25) is 0 Å². The second-order valence-electron chi connectivity index (χ2n) is 8.45. The van der Waals surface area contributed by atoms with Gasteiger partial charge in [0.15, 0.2) is 0 Å². The van der Waals surface area contributed by atoms with E-state index in [0.717, 1.165) is 18.3 Å². The fourth-order valence-electron chi connectivity index (χ4n) is 4.30. The molecule has 0 aromatic rings. The number of hydrogen-bond donors (Lipinski definition) is 1. The van der Waals surface area contributed by atoms with Crippen molar-refractivity contribution < 1.29 is 5.11 Å². The minimum atomic E-state index is -0.109. The van der Waals surface area contributed by atoms with Crippen molar-refractivity contribution >= 4 is 0 Å². The third kappa shape index (κ3) is 4.21. The molecule has 2 nitrogen and oxygen atoms in total. The van der Waals surface area contributed by atoms with Crippen LogP contribution in [0.15, 0.2) is 0 Å². The van der Waals surface area contributed by atoms with Gasteiger partial charge in [-0.25, -0.2) is 0 Å². The maximum absolute atomic E-state index is 10.4. The van der Waals surface area contributed by atoms with Crippen molar-refractivity contribution in [3.05, 3.63) is 0 Å². The third-order valence-corrected chi connectivity index (χ3v) is 5.84. The molecule has 0 amide bonds. The average Bonchev–Trinajstić information content (AvgIpc) is 2.39. The fraction of sp³-hybridized carbons (Fsp3) is 1.00. The highest BCUT2D eigenvalue weighted by Gasteiger charge is 2.37. The molecule has 1 N–H and O–H groups in total. The van der Waals surface area contributed by atoms with Crippen LogP contribution >= 0.6 is 0 Å². The van der Waals surface area contributed by atoms with Crippen LogP contribution in [-0.4, -0.2) is 35.7 Å². The molecular weight excluding hydrogens is 246 g/mol. The van der Waals surface area contributed by atoms with E-state index in [2.05, 4.69) is 32.7 Å². The van der Waals surface area contributed by atoms with Crippen molar-refractivity contribution in [3.63, 3.8) is 0 Å². The minimum absolute atomic E-state index is 0.109. The SMILES string of the molecule is CN(CC1CCCCC1)C1CC(C(C)(C)C)CCC1O. The Hall–Kier alpha value is -0.0800. The summed E-state index contributed by atoms with van der Waals surface area (Å²) in [6.07, 6.45) is 10.3. The van der Waals surface area contributed by atoms with Crippen LogP contribution in [0.4, 0.5) is 0 Å². The molecule has 118 valence electrons. The van der Waals surface area contributed by atoms with Gasteiger partial charge < -0.3 is 10.0 Å². The van der Waals surface area contributed by atoms with Gasteiger partial charge in [-0.05, 0) is 56.4 Å². The second-order valence-corrected chi connectivity index (χ2v) is 8.45. The van der Waals surface area contributed by atoms with Crippen molar-refractivity contribution in [1.29, 1.82) is 0 Å². The van der Waals surface area contributed by atoms with Crippen LogP contribution in [-0.2, 0) is 0 Å². The number of rotatable bonds is 3. The first kappa shape index (κ1) is 16.3. The zero-order valence-corrected chi connectivity index (χ0v) is 14.1. The molecule has 2 aliphatic rings. The summed E-state index contributed by atoms with van der Waals surface area (Å²) in [5.41, 5.74) is 0.379. The summed E-state index contributed by atoms with van der Waals surface area (Å²) in [6.45, 7) is 8.26. The van der Waals surface area contributed by atoms with E-state index >= 15 is 0 Å². The smallest absolute Gasteiger partial charge is 0.0695 e. The molecular formula is C18H35NO. The van der Waals surface area contributed by atoms with Crippen LogP contribution in [0.5, 0.6) is 0 Å². The van der Waals surface area contributed by atoms with Crippen LogP contribution < -0.4 is 0 Å². The summed E-state index contributed by atoms with van der Waals surface area (Å²) in [5.74, 6) is 1.63. The Balaban J connectivity index is 1.90. The first-order valence-corrected chi connectivity index (χ1v) is 8.76. The number of aliphatic hydroxyl groups is 1. The van der Waals surface area contributed by atoms with Gasteiger partial charge in [-0.3, -0.25) is 0 Å². The van der Waals surface area contributed by atoms with Crippen LogP contribution in [0.1, 0.15) is 72.1 Å². The van der Waals surface area contributed by atoms with Crippen LogP contribution in [0, 0.1) is 17.3 Å². The topological polar surface area (TPSA) is 23.5 Å². The third-order valence-electron chi connectivity index (χ3n) is 5.84. The predicted molar refractivity (Wildman–Crippen MR) is 85.8 cm³/mol. The van der Waals surface area contributed by atoms with Gasteiger partial charge in [-0.15, -0.1) is 0 Å². The van der Waals surface area contributed by atoms with E-state index < -0.39 is 0 Å². The van der Waals surface area contributed by atoms with E-state index in [1.807, 2.05) is 0 Å². The predicted octanol–water partition coefficient (Wildman–Crippen LogP) is 4.07. The molecule has 0 heterocycles. The second kappa shape index (κ2) is 6.79. The molecule has 0 spiro atoms. The molecule has 0 aromatic carbocycles. The first-order chi connectivity index (χ1) is 9.38. The normalized spacial score (nSPS) is 33.6. The molecule has 2 saturated carbocycles. The number of hydrogen-bond acceptors (Lipinski definition) is 2. The van der Waals surface area contributed by atoms with E-state index in [-0.39, 0.29) is 6.10 Å². The highest BCUT2D eigenvalue weighted by molar-refractivity contribution is 4.90. The van der Waals surface area contributed by atoms with Gasteiger partial charge in [-0.1, -0.05) is 40.0 Å². The van der Waals surface area contributed by atoms with Crippen molar-refractivity contribution in [3.8, 4) is 0 Å². The van der Waals surface area contributed by atoms with E-state index in [0.29, 0.717) is 11.5 Å². The molecule has 0 aliphatic heterocycles. The van der Waals surface area contributed by atoms with Gasteiger partial charge >= 0.3 is 0 Å². The Morgan fingerprint density at radius 3 is 2.25 bits per heavy atom. The number of nitrogens with zero attached hydrogens (tertiary/aromatic N) is 1. The fourth-order valence-corrected chi connectivity index (χ4v) is 4.30. The van der Waals surface area contributed by atoms with Crippen LogP contribution in [0.25, 0.3) is 0 Å². The first-order valence-electron chi connectivity index (χ1n) is 8.76. The summed E-state index contributed by atoms with van der Waals surface area (Å²) in [5, 5.41) is 10.4. The lowest BCUT2D eigenvalue weighted by Gasteiger charge is -2.44. The summed E-state index contributed by atoms with van der Waals surface area (Å²) in [4.78, 5) is 2.48.